The second kappa shape index (κ2) is 10.8. The van der Waals surface area contributed by atoms with Crippen LogP contribution in [-0.4, -0.2) is 49.3 Å². The van der Waals surface area contributed by atoms with Gasteiger partial charge in [-0.1, -0.05) is 44.7 Å². The predicted octanol–water partition coefficient (Wildman–Crippen LogP) is 5.01. The molecule has 3 aromatic rings. The van der Waals surface area contributed by atoms with Crippen molar-refractivity contribution in [2.45, 2.75) is 97.4 Å². The van der Waals surface area contributed by atoms with E-state index in [2.05, 4.69) is 76.0 Å². The highest BCUT2D eigenvalue weighted by molar-refractivity contribution is 5.82. The van der Waals surface area contributed by atoms with Crippen LogP contribution >= 0.6 is 0 Å². The van der Waals surface area contributed by atoms with Gasteiger partial charge in [0.15, 0.2) is 5.82 Å². The summed E-state index contributed by atoms with van der Waals surface area (Å²) in [7, 11) is 0. The molecule has 1 N–H and O–H groups in total. The summed E-state index contributed by atoms with van der Waals surface area (Å²) < 4.78 is 8.15. The molecule has 3 heterocycles. The van der Waals surface area contributed by atoms with Crippen molar-refractivity contribution >= 4 is 10.9 Å². The number of H-pyrrole nitrogens is 1. The molecule has 36 heavy (non-hydrogen) atoms. The smallest absolute Gasteiger partial charge is 0.252 e. The minimum absolute atomic E-state index is 0.0135. The molecular weight excluding hydrogens is 452 g/mol. The zero-order valence-corrected chi connectivity index (χ0v) is 22.2. The highest BCUT2D eigenvalue weighted by atomic mass is 16.5. The van der Waals surface area contributed by atoms with Crippen LogP contribution in [0.2, 0.25) is 0 Å². The van der Waals surface area contributed by atoms with Gasteiger partial charge in [-0.3, -0.25) is 9.69 Å². The third-order valence-corrected chi connectivity index (χ3v) is 7.93. The quantitative estimate of drug-likeness (QED) is 0.475. The average Bonchev–Trinajstić information content (AvgIpc) is 3.53. The standard InChI is InChI=1S/C28H40N6O2/c1-18(2)26(27-30-31-32-34(27)23-9-6-5-7-10-23)33(17-24-11-8-12-36-24)16-22-15-21-14-19(3)13-20(4)25(21)29-28(22)35/h13-15,18,23-24,26H,5-12,16-17H2,1-4H3,(H,29,35)/t24-,26+/m1/s1. The van der Waals surface area contributed by atoms with Crippen molar-refractivity contribution in [2.24, 2.45) is 5.92 Å². The van der Waals surface area contributed by atoms with Gasteiger partial charge in [0, 0.05) is 25.3 Å². The van der Waals surface area contributed by atoms with E-state index in [1.54, 1.807) is 0 Å². The lowest BCUT2D eigenvalue weighted by Gasteiger charge is -2.36. The SMILES string of the molecule is Cc1cc(C)c2[nH]c(=O)c(CN(C[C@H]3CCCO3)[C@H](c3nnnn3C3CCCCC3)C(C)C)cc2c1. The predicted molar refractivity (Wildman–Crippen MR) is 141 cm³/mol. The Kier molecular flexibility index (Phi) is 7.53. The lowest BCUT2D eigenvalue weighted by molar-refractivity contribution is 0.0375. The monoisotopic (exact) mass is 492 g/mol. The van der Waals surface area contributed by atoms with Gasteiger partial charge in [-0.05, 0) is 79.0 Å². The summed E-state index contributed by atoms with van der Waals surface area (Å²) in [5.74, 6) is 1.18. The summed E-state index contributed by atoms with van der Waals surface area (Å²) in [5, 5.41) is 14.3. The van der Waals surface area contributed by atoms with E-state index in [1.807, 2.05) is 0 Å². The normalized spacial score (nSPS) is 20.1. The Morgan fingerprint density at radius 1 is 1.11 bits per heavy atom. The zero-order chi connectivity index (χ0) is 25.2. The van der Waals surface area contributed by atoms with Crippen molar-refractivity contribution in [3.8, 4) is 0 Å². The second-order valence-electron chi connectivity index (χ2n) is 11.2. The number of fused-ring (bicyclic) bond motifs is 1. The van der Waals surface area contributed by atoms with Crippen LogP contribution in [0.25, 0.3) is 10.9 Å². The number of aromatic amines is 1. The largest absolute Gasteiger partial charge is 0.377 e. The summed E-state index contributed by atoms with van der Waals surface area (Å²) in [4.78, 5) is 18.8. The fourth-order valence-corrected chi connectivity index (χ4v) is 6.26. The van der Waals surface area contributed by atoms with Gasteiger partial charge < -0.3 is 9.72 Å². The van der Waals surface area contributed by atoms with Crippen LogP contribution in [-0.2, 0) is 11.3 Å². The van der Waals surface area contributed by atoms with Gasteiger partial charge in [-0.25, -0.2) is 4.68 Å². The van der Waals surface area contributed by atoms with Gasteiger partial charge >= 0.3 is 0 Å². The van der Waals surface area contributed by atoms with Crippen LogP contribution in [0.1, 0.15) is 93.4 Å². The first-order valence-corrected chi connectivity index (χ1v) is 13.7. The van der Waals surface area contributed by atoms with Crippen LogP contribution in [0.15, 0.2) is 23.0 Å². The fraction of sp³-hybridized carbons (Fsp3) is 0.643. The molecule has 2 fully saturated rings. The van der Waals surface area contributed by atoms with Gasteiger partial charge in [-0.15, -0.1) is 5.10 Å². The Bertz CT molecular complexity index is 1240. The van der Waals surface area contributed by atoms with Crippen molar-refractivity contribution < 1.29 is 4.74 Å². The maximum Gasteiger partial charge on any atom is 0.252 e. The van der Waals surface area contributed by atoms with Gasteiger partial charge in [0.05, 0.1) is 23.7 Å². The fourth-order valence-electron chi connectivity index (χ4n) is 6.26. The Morgan fingerprint density at radius 3 is 2.64 bits per heavy atom. The second-order valence-corrected chi connectivity index (χ2v) is 11.2. The molecule has 194 valence electrons. The first kappa shape index (κ1) is 25.1. The molecule has 0 radical (unpaired) electrons. The number of nitrogens with zero attached hydrogens (tertiary/aromatic N) is 5. The van der Waals surface area contributed by atoms with E-state index in [-0.39, 0.29) is 23.6 Å². The van der Waals surface area contributed by atoms with Crippen LogP contribution in [0.5, 0.6) is 0 Å². The molecule has 0 spiro atoms. The molecule has 1 aliphatic heterocycles. The molecule has 0 amide bonds. The van der Waals surface area contributed by atoms with E-state index in [0.717, 1.165) is 66.7 Å². The van der Waals surface area contributed by atoms with Crippen LogP contribution in [0.4, 0.5) is 0 Å². The lowest BCUT2D eigenvalue weighted by atomic mass is 9.94. The van der Waals surface area contributed by atoms with Crippen LogP contribution in [0.3, 0.4) is 0 Å². The van der Waals surface area contributed by atoms with Crippen molar-refractivity contribution in [1.29, 1.82) is 0 Å². The molecule has 2 atom stereocenters. The number of aryl methyl sites for hydroxylation is 2. The zero-order valence-electron chi connectivity index (χ0n) is 22.2. The molecule has 1 aromatic carbocycles. The summed E-state index contributed by atoms with van der Waals surface area (Å²) in [5.41, 5.74) is 3.95. The van der Waals surface area contributed by atoms with E-state index >= 15 is 0 Å². The molecule has 5 rings (SSSR count). The highest BCUT2D eigenvalue weighted by Crippen LogP contribution is 2.34. The summed E-state index contributed by atoms with van der Waals surface area (Å²) in [6.45, 7) is 10.7. The van der Waals surface area contributed by atoms with Crippen LogP contribution < -0.4 is 5.56 Å². The first-order valence-electron chi connectivity index (χ1n) is 13.7. The Morgan fingerprint density at radius 2 is 1.92 bits per heavy atom. The van der Waals surface area contributed by atoms with E-state index < -0.39 is 0 Å². The van der Waals surface area contributed by atoms with E-state index in [0.29, 0.717) is 12.6 Å². The molecule has 0 unspecified atom stereocenters. The maximum atomic E-state index is 13.3. The summed E-state index contributed by atoms with van der Waals surface area (Å²) in [6.07, 6.45) is 8.27. The molecule has 1 saturated heterocycles. The molecule has 2 aliphatic rings. The number of pyridine rings is 1. The minimum atomic E-state index is -0.0267. The number of hydrogen-bond donors (Lipinski definition) is 1. The number of rotatable bonds is 8. The number of nitrogens with one attached hydrogen (secondary N) is 1. The minimum Gasteiger partial charge on any atom is -0.377 e. The molecule has 0 bridgehead atoms. The Hall–Kier alpha value is -2.58. The van der Waals surface area contributed by atoms with E-state index in [4.69, 9.17) is 4.74 Å². The molecule has 1 saturated carbocycles. The van der Waals surface area contributed by atoms with Crippen LogP contribution in [0, 0.1) is 19.8 Å². The number of ether oxygens (including phenoxy) is 1. The van der Waals surface area contributed by atoms with E-state index in [9.17, 15) is 4.79 Å². The van der Waals surface area contributed by atoms with Crippen molar-refractivity contribution in [3.63, 3.8) is 0 Å². The van der Waals surface area contributed by atoms with Crippen molar-refractivity contribution in [1.82, 2.24) is 30.1 Å². The third-order valence-electron chi connectivity index (χ3n) is 7.93. The number of aromatic nitrogens is 5. The van der Waals surface area contributed by atoms with Gasteiger partial charge in [0.2, 0.25) is 0 Å². The van der Waals surface area contributed by atoms with Gasteiger partial charge in [-0.2, -0.15) is 0 Å². The molecule has 8 nitrogen and oxygen atoms in total. The number of hydrogen-bond acceptors (Lipinski definition) is 6. The van der Waals surface area contributed by atoms with Gasteiger partial charge in [0.25, 0.3) is 5.56 Å². The highest BCUT2D eigenvalue weighted by Gasteiger charge is 2.34. The Balaban J connectivity index is 1.53. The molecule has 8 heteroatoms. The topological polar surface area (TPSA) is 88.9 Å². The number of tetrazole rings is 1. The molecular formula is C28H40N6O2. The first-order chi connectivity index (χ1) is 17.4. The average molecular weight is 493 g/mol. The maximum absolute atomic E-state index is 13.3. The van der Waals surface area contributed by atoms with Crippen molar-refractivity contribution in [2.75, 3.05) is 13.2 Å². The summed E-state index contributed by atoms with van der Waals surface area (Å²) in [6, 6.07) is 6.67. The van der Waals surface area contributed by atoms with E-state index in [1.165, 1.54) is 24.8 Å². The van der Waals surface area contributed by atoms with Gasteiger partial charge in [0.1, 0.15) is 0 Å². The molecule has 1 aliphatic carbocycles. The molecule has 2 aromatic heterocycles. The number of benzene rings is 1. The summed E-state index contributed by atoms with van der Waals surface area (Å²) >= 11 is 0. The van der Waals surface area contributed by atoms with Crippen molar-refractivity contribution in [3.05, 3.63) is 51.1 Å². The Labute approximate surface area is 213 Å². The lowest BCUT2D eigenvalue weighted by Crippen LogP contribution is -2.40. The third kappa shape index (κ3) is 5.25.